The number of non-ortho nitro benzene ring substituents is 1. The van der Waals surface area contributed by atoms with Crippen LogP contribution in [0.2, 0.25) is 0 Å². The molecule has 0 radical (unpaired) electrons. The minimum atomic E-state index is -4.44. The molecule has 8 nitrogen and oxygen atoms in total. The Kier molecular flexibility index (Phi) is 7.77. The first-order valence-electron chi connectivity index (χ1n) is 13.5. The maximum absolute atomic E-state index is 15.0. The van der Waals surface area contributed by atoms with E-state index >= 15 is 0 Å². The first-order valence-corrected chi connectivity index (χ1v) is 15.9. The van der Waals surface area contributed by atoms with Crippen molar-refractivity contribution < 1.29 is 23.2 Å². The third kappa shape index (κ3) is 5.48. The van der Waals surface area contributed by atoms with Crippen LogP contribution in [0.1, 0.15) is 15.9 Å². The highest BCUT2D eigenvalue weighted by Crippen LogP contribution is 2.42. The summed E-state index contributed by atoms with van der Waals surface area (Å²) in [6.45, 7) is 0. The van der Waals surface area contributed by atoms with Gasteiger partial charge in [0, 0.05) is 33.6 Å². The first-order chi connectivity index (χ1) is 21.2. The number of nitrogens with zero attached hydrogens (tertiary/aromatic N) is 2. The van der Waals surface area contributed by atoms with Crippen LogP contribution in [0.15, 0.2) is 137 Å². The number of thioether (sulfide) groups is 1. The molecule has 1 N–H and O–H groups in total. The number of nitro benzene ring substituents is 1. The van der Waals surface area contributed by atoms with E-state index in [1.807, 2.05) is 60.7 Å². The van der Waals surface area contributed by atoms with Gasteiger partial charge in [0.2, 0.25) is 0 Å². The van der Waals surface area contributed by atoms with Crippen LogP contribution in [0.4, 0.5) is 17.1 Å². The molecule has 0 heterocycles. The van der Waals surface area contributed by atoms with Crippen molar-refractivity contribution in [3.63, 3.8) is 0 Å². The van der Waals surface area contributed by atoms with Crippen molar-refractivity contribution >= 4 is 66.4 Å². The van der Waals surface area contributed by atoms with Crippen LogP contribution in [0.3, 0.4) is 0 Å². The summed E-state index contributed by atoms with van der Waals surface area (Å²) in [6, 6.07) is 35.9. The fraction of sp³-hybridized carbons (Fsp3) is 0.0294. The van der Waals surface area contributed by atoms with Crippen molar-refractivity contribution in [3.8, 4) is 0 Å². The van der Waals surface area contributed by atoms with Crippen LogP contribution in [0, 0.1) is 10.1 Å². The molecule has 0 aliphatic carbocycles. The van der Waals surface area contributed by atoms with E-state index in [2.05, 4.69) is 0 Å². The van der Waals surface area contributed by atoms with Gasteiger partial charge in [-0.05, 0) is 46.7 Å². The molecule has 0 amide bonds. The van der Waals surface area contributed by atoms with Gasteiger partial charge in [0.25, 0.3) is 15.7 Å². The number of hydrogen-bond acceptors (Lipinski definition) is 6. The highest BCUT2D eigenvalue weighted by molar-refractivity contribution is 8.00. The molecule has 44 heavy (non-hydrogen) atoms. The third-order valence-corrected chi connectivity index (χ3v) is 10.3. The first kappa shape index (κ1) is 28.9. The van der Waals surface area contributed by atoms with Gasteiger partial charge in [0.1, 0.15) is 4.90 Å². The van der Waals surface area contributed by atoms with Crippen molar-refractivity contribution in [2.24, 2.45) is 0 Å². The molecule has 6 aromatic rings. The summed E-state index contributed by atoms with van der Waals surface area (Å²) < 4.78 is 31.3. The fourth-order valence-corrected chi connectivity index (χ4v) is 8.10. The van der Waals surface area contributed by atoms with Gasteiger partial charge in [0.15, 0.2) is 0 Å². The normalized spacial score (nSPS) is 11.5. The van der Waals surface area contributed by atoms with Gasteiger partial charge in [-0.3, -0.25) is 10.1 Å². The van der Waals surface area contributed by atoms with Crippen LogP contribution in [-0.2, 0) is 15.8 Å². The summed E-state index contributed by atoms with van der Waals surface area (Å²) in [5.41, 5.74) is 1.37. The zero-order valence-corrected chi connectivity index (χ0v) is 24.7. The van der Waals surface area contributed by atoms with Crippen molar-refractivity contribution in [1.29, 1.82) is 0 Å². The summed E-state index contributed by atoms with van der Waals surface area (Å²) in [4.78, 5) is 22.8. The molecule has 0 aromatic heterocycles. The van der Waals surface area contributed by atoms with Crippen molar-refractivity contribution in [1.82, 2.24) is 0 Å². The molecule has 0 saturated carbocycles. The molecule has 0 spiro atoms. The third-order valence-electron chi connectivity index (χ3n) is 7.22. The quantitative estimate of drug-likeness (QED) is 0.0979. The van der Waals surface area contributed by atoms with Gasteiger partial charge in [-0.15, -0.1) is 11.8 Å². The lowest BCUT2D eigenvalue weighted by molar-refractivity contribution is -0.384. The SMILES string of the molecule is O=C(O)c1ccc(SCc2ccc([N+](=O)[O-])cc2)c(S(=O)(=O)N(c2cccc3ccccc23)c2cccc3ccccc23)c1. The Morgan fingerprint density at radius 2 is 1.30 bits per heavy atom. The van der Waals surface area contributed by atoms with Crippen LogP contribution in [0.25, 0.3) is 21.5 Å². The van der Waals surface area contributed by atoms with E-state index in [4.69, 9.17) is 0 Å². The summed E-state index contributed by atoms with van der Waals surface area (Å²) >= 11 is 1.21. The van der Waals surface area contributed by atoms with Gasteiger partial charge in [-0.1, -0.05) is 84.9 Å². The second-order valence-electron chi connectivity index (χ2n) is 9.94. The number of hydrogen-bond donors (Lipinski definition) is 1. The zero-order chi connectivity index (χ0) is 30.8. The van der Waals surface area contributed by atoms with E-state index in [0.717, 1.165) is 16.3 Å². The Morgan fingerprint density at radius 3 is 1.84 bits per heavy atom. The van der Waals surface area contributed by atoms with Crippen molar-refractivity contribution in [2.45, 2.75) is 15.5 Å². The Hall–Kier alpha value is -5.19. The van der Waals surface area contributed by atoms with E-state index in [0.29, 0.717) is 32.8 Å². The van der Waals surface area contributed by atoms with Crippen LogP contribution >= 0.6 is 11.8 Å². The number of benzene rings is 6. The topological polar surface area (TPSA) is 118 Å². The molecule has 218 valence electrons. The molecule has 0 saturated heterocycles. The molecule has 0 aliphatic rings. The smallest absolute Gasteiger partial charge is 0.335 e. The number of carboxylic acid groups (broad SMARTS) is 1. The second kappa shape index (κ2) is 11.8. The van der Waals surface area contributed by atoms with Gasteiger partial charge in [-0.2, -0.15) is 0 Å². The van der Waals surface area contributed by atoms with Crippen molar-refractivity contribution in [2.75, 3.05) is 4.31 Å². The molecule has 0 unspecified atom stereocenters. The van der Waals surface area contributed by atoms with Crippen LogP contribution in [0.5, 0.6) is 0 Å². The molecule has 0 atom stereocenters. The number of carbonyl (C=O) groups is 1. The van der Waals surface area contributed by atoms with Crippen LogP contribution in [-0.4, -0.2) is 24.4 Å². The summed E-state index contributed by atoms with van der Waals surface area (Å²) in [6.07, 6.45) is 0. The van der Waals surface area contributed by atoms with Crippen molar-refractivity contribution in [3.05, 3.63) is 149 Å². The van der Waals surface area contributed by atoms with Gasteiger partial charge in [-0.25, -0.2) is 17.5 Å². The highest BCUT2D eigenvalue weighted by Gasteiger charge is 2.32. The minimum Gasteiger partial charge on any atom is -0.478 e. The van der Waals surface area contributed by atoms with E-state index in [1.54, 1.807) is 36.4 Å². The number of sulfonamides is 1. The molecule has 0 fully saturated rings. The molecule has 6 aromatic carbocycles. The minimum absolute atomic E-state index is 0.0476. The molecular formula is C34H24N2O6S2. The van der Waals surface area contributed by atoms with Crippen LogP contribution < -0.4 is 4.31 Å². The largest absolute Gasteiger partial charge is 0.478 e. The summed E-state index contributed by atoms with van der Waals surface area (Å²) in [5.74, 6) is -0.953. The summed E-state index contributed by atoms with van der Waals surface area (Å²) in [5, 5.41) is 24.0. The molecule has 0 bridgehead atoms. The Labute approximate surface area is 257 Å². The number of fused-ring (bicyclic) bond motifs is 2. The molecule has 0 aliphatic heterocycles. The summed E-state index contributed by atoms with van der Waals surface area (Å²) in [7, 11) is -4.44. The number of carboxylic acids is 1. The second-order valence-corrected chi connectivity index (χ2v) is 12.7. The lowest BCUT2D eigenvalue weighted by Crippen LogP contribution is -2.27. The van der Waals surface area contributed by atoms with Gasteiger partial charge < -0.3 is 5.11 Å². The fourth-order valence-electron chi connectivity index (χ4n) is 5.09. The maximum atomic E-state index is 15.0. The maximum Gasteiger partial charge on any atom is 0.335 e. The van der Waals surface area contributed by atoms with Gasteiger partial charge >= 0.3 is 5.97 Å². The predicted octanol–water partition coefficient (Wildman–Crippen LogP) is 8.42. The van der Waals surface area contributed by atoms with E-state index in [1.165, 1.54) is 46.4 Å². The lowest BCUT2D eigenvalue weighted by atomic mass is 10.1. The predicted molar refractivity (Wildman–Crippen MR) is 173 cm³/mol. The Bertz CT molecular complexity index is 2080. The number of rotatable bonds is 9. The number of aromatic carboxylic acids is 1. The molecule has 10 heteroatoms. The Balaban J connectivity index is 1.55. The van der Waals surface area contributed by atoms with Gasteiger partial charge in [0.05, 0.1) is 21.9 Å². The average molecular weight is 621 g/mol. The Morgan fingerprint density at radius 1 is 0.750 bits per heavy atom. The number of nitro groups is 1. The monoisotopic (exact) mass is 620 g/mol. The standard InChI is InChI=1S/C34H24N2O6S2/c37-34(38)26-17-20-32(43-22-23-15-18-27(19-16-23)36(39)40)33(21-26)44(41,42)35(30-13-5-9-24-7-1-3-11-28(24)30)31-14-6-10-25-8-2-4-12-29(25)31/h1-21H,22H2,(H,37,38). The average Bonchev–Trinajstić information content (AvgIpc) is 3.04. The number of anilines is 2. The lowest BCUT2D eigenvalue weighted by Gasteiger charge is -2.28. The molecule has 6 rings (SSSR count). The highest BCUT2D eigenvalue weighted by atomic mass is 32.2. The van der Waals surface area contributed by atoms with E-state index < -0.39 is 20.9 Å². The van der Waals surface area contributed by atoms with E-state index in [9.17, 15) is 28.4 Å². The van der Waals surface area contributed by atoms with E-state index in [-0.39, 0.29) is 16.1 Å². The molecular weight excluding hydrogens is 597 g/mol. The zero-order valence-electron chi connectivity index (χ0n) is 23.0.